The molecule has 1 amide bonds. The van der Waals surface area contributed by atoms with Crippen molar-refractivity contribution in [2.75, 3.05) is 5.32 Å². The van der Waals surface area contributed by atoms with Crippen LogP contribution in [0.25, 0.3) is 0 Å². The Morgan fingerprint density at radius 2 is 2.31 bits per heavy atom. The van der Waals surface area contributed by atoms with Crippen molar-refractivity contribution in [3.63, 3.8) is 0 Å². The second-order valence-electron chi connectivity index (χ2n) is 5.44. The van der Waals surface area contributed by atoms with Crippen molar-refractivity contribution < 1.29 is 9.21 Å². The Morgan fingerprint density at radius 1 is 1.46 bits per heavy atom. The first-order chi connectivity index (χ1) is 12.5. The fraction of sp³-hybridized carbons (Fsp3) is 0.235. The topological polar surface area (TPSA) is 105 Å². The van der Waals surface area contributed by atoms with Gasteiger partial charge >= 0.3 is 0 Å². The third-order valence-corrected chi connectivity index (χ3v) is 5.11. The lowest BCUT2D eigenvalue weighted by atomic mass is 10.2. The highest BCUT2D eigenvalue weighted by Gasteiger charge is 2.19. The largest absolute Gasteiger partial charge is 0.416 e. The lowest BCUT2D eigenvalue weighted by molar-refractivity contribution is -0.115. The zero-order valence-corrected chi connectivity index (χ0v) is 15.7. The van der Waals surface area contributed by atoms with E-state index < -0.39 is 5.25 Å². The predicted octanol–water partition coefficient (Wildman–Crippen LogP) is 3.42. The summed E-state index contributed by atoms with van der Waals surface area (Å²) in [5.41, 5.74) is 1.95. The van der Waals surface area contributed by atoms with Crippen LogP contribution >= 0.6 is 23.1 Å². The summed E-state index contributed by atoms with van der Waals surface area (Å²) in [4.78, 5) is 16.7. The van der Waals surface area contributed by atoms with Crippen molar-refractivity contribution in [3.05, 3.63) is 51.8 Å². The number of thioether (sulfide) groups is 1. The van der Waals surface area contributed by atoms with Gasteiger partial charge in [0.2, 0.25) is 11.8 Å². The van der Waals surface area contributed by atoms with E-state index in [-0.39, 0.29) is 5.91 Å². The predicted molar refractivity (Wildman–Crippen MR) is 99.1 cm³/mol. The lowest BCUT2D eigenvalue weighted by Gasteiger charge is -2.09. The Kier molecular flexibility index (Phi) is 5.65. The van der Waals surface area contributed by atoms with E-state index in [2.05, 4.69) is 20.5 Å². The van der Waals surface area contributed by atoms with Crippen LogP contribution in [0, 0.1) is 18.3 Å². The van der Waals surface area contributed by atoms with Crippen LogP contribution in [-0.2, 0) is 11.2 Å². The average molecular weight is 385 g/mol. The van der Waals surface area contributed by atoms with Crippen LogP contribution in [0.1, 0.15) is 29.1 Å². The van der Waals surface area contributed by atoms with Gasteiger partial charge in [-0.2, -0.15) is 5.26 Å². The molecule has 0 saturated heterocycles. The van der Waals surface area contributed by atoms with Gasteiger partial charge in [0, 0.05) is 11.1 Å². The van der Waals surface area contributed by atoms with Crippen molar-refractivity contribution in [1.29, 1.82) is 5.26 Å². The van der Waals surface area contributed by atoms with Crippen molar-refractivity contribution in [2.24, 2.45) is 0 Å². The molecule has 0 aliphatic carbocycles. The summed E-state index contributed by atoms with van der Waals surface area (Å²) in [6.45, 7) is 3.69. The summed E-state index contributed by atoms with van der Waals surface area (Å²) in [5, 5.41) is 22.5. The highest BCUT2D eigenvalue weighted by atomic mass is 32.2. The number of carbonyl (C=O) groups is 1. The van der Waals surface area contributed by atoms with Gasteiger partial charge in [-0.1, -0.05) is 17.8 Å². The number of hydrogen-bond acceptors (Lipinski definition) is 8. The van der Waals surface area contributed by atoms with Crippen LogP contribution in [0.2, 0.25) is 0 Å². The van der Waals surface area contributed by atoms with Crippen LogP contribution in [0.3, 0.4) is 0 Å². The summed E-state index contributed by atoms with van der Waals surface area (Å²) in [5.74, 6) is 0.257. The highest BCUT2D eigenvalue weighted by Crippen LogP contribution is 2.24. The number of hydrogen-bond donors (Lipinski definition) is 1. The van der Waals surface area contributed by atoms with Gasteiger partial charge in [0.05, 0.1) is 34.0 Å². The van der Waals surface area contributed by atoms with Gasteiger partial charge < -0.3 is 9.73 Å². The van der Waals surface area contributed by atoms with E-state index in [1.54, 1.807) is 42.5 Å². The third kappa shape index (κ3) is 4.68. The molecule has 1 N–H and O–H groups in total. The zero-order valence-electron chi connectivity index (χ0n) is 14.1. The molecule has 7 nitrogen and oxygen atoms in total. The summed E-state index contributed by atoms with van der Waals surface area (Å²) in [7, 11) is 0. The fourth-order valence-electron chi connectivity index (χ4n) is 2.12. The lowest BCUT2D eigenvalue weighted by Crippen LogP contribution is -2.22. The van der Waals surface area contributed by atoms with E-state index in [0.717, 1.165) is 10.7 Å². The number of nitrogens with one attached hydrogen (secondary N) is 1. The molecule has 1 aromatic carbocycles. The van der Waals surface area contributed by atoms with Crippen LogP contribution < -0.4 is 5.32 Å². The standard InChI is InChI=1S/C17H15N5O2S2/c1-10(16(23)20-13-5-3-4-12(6-13)8-18)26-17-22-21-15(24-17)7-14-9-25-11(2)19-14/h3-6,9-10H,7H2,1-2H3,(H,20,23). The second kappa shape index (κ2) is 8.12. The fourth-order valence-corrected chi connectivity index (χ4v) is 3.43. The van der Waals surface area contributed by atoms with E-state index in [1.165, 1.54) is 11.8 Å². The first-order valence-corrected chi connectivity index (χ1v) is 9.50. The zero-order chi connectivity index (χ0) is 18.5. The molecule has 1 unspecified atom stereocenters. The number of amides is 1. The molecule has 1 atom stereocenters. The number of thiazole rings is 1. The van der Waals surface area contributed by atoms with Crippen molar-refractivity contribution in [2.45, 2.75) is 30.7 Å². The summed E-state index contributed by atoms with van der Waals surface area (Å²) in [6, 6.07) is 8.79. The van der Waals surface area contributed by atoms with Gasteiger partial charge in [0.1, 0.15) is 0 Å². The molecule has 0 fully saturated rings. The number of aromatic nitrogens is 3. The molecule has 0 saturated carbocycles. The van der Waals surface area contributed by atoms with Crippen molar-refractivity contribution >= 4 is 34.7 Å². The quantitative estimate of drug-likeness (QED) is 0.648. The summed E-state index contributed by atoms with van der Waals surface area (Å²) >= 11 is 2.75. The highest BCUT2D eigenvalue weighted by molar-refractivity contribution is 8.00. The van der Waals surface area contributed by atoms with Gasteiger partial charge in [0.25, 0.3) is 5.22 Å². The number of carbonyl (C=O) groups excluding carboxylic acids is 1. The van der Waals surface area contributed by atoms with E-state index in [1.807, 2.05) is 18.4 Å². The van der Waals surface area contributed by atoms with Crippen LogP contribution in [0.5, 0.6) is 0 Å². The maximum Gasteiger partial charge on any atom is 0.277 e. The third-order valence-electron chi connectivity index (χ3n) is 3.35. The van der Waals surface area contributed by atoms with E-state index in [0.29, 0.717) is 28.8 Å². The van der Waals surface area contributed by atoms with Gasteiger partial charge in [0.15, 0.2) is 0 Å². The number of nitriles is 1. The Morgan fingerprint density at radius 3 is 3.04 bits per heavy atom. The maximum absolute atomic E-state index is 12.3. The number of anilines is 1. The second-order valence-corrected chi connectivity index (χ2v) is 7.79. The molecule has 3 aromatic rings. The Balaban J connectivity index is 1.58. The van der Waals surface area contributed by atoms with E-state index in [9.17, 15) is 4.79 Å². The van der Waals surface area contributed by atoms with Gasteiger partial charge in [-0.05, 0) is 32.0 Å². The van der Waals surface area contributed by atoms with Crippen LogP contribution in [-0.4, -0.2) is 26.3 Å². The average Bonchev–Trinajstić information content (AvgIpc) is 3.24. The minimum Gasteiger partial charge on any atom is -0.416 e. The van der Waals surface area contributed by atoms with Crippen LogP contribution in [0.15, 0.2) is 39.3 Å². The Hall–Kier alpha value is -2.70. The molecule has 2 aromatic heterocycles. The molecule has 3 rings (SSSR count). The van der Waals surface area contributed by atoms with E-state index >= 15 is 0 Å². The summed E-state index contributed by atoms with van der Waals surface area (Å²) in [6.07, 6.45) is 0.472. The first kappa shape index (κ1) is 18.1. The molecule has 2 heterocycles. The monoisotopic (exact) mass is 385 g/mol. The normalized spacial score (nSPS) is 11.7. The number of aryl methyl sites for hydroxylation is 1. The smallest absolute Gasteiger partial charge is 0.277 e. The molecular weight excluding hydrogens is 370 g/mol. The molecule has 0 bridgehead atoms. The van der Waals surface area contributed by atoms with Crippen molar-refractivity contribution in [3.8, 4) is 6.07 Å². The van der Waals surface area contributed by atoms with E-state index in [4.69, 9.17) is 9.68 Å². The molecular formula is C17H15N5O2S2. The first-order valence-electron chi connectivity index (χ1n) is 7.74. The SMILES string of the molecule is Cc1nc(Cc2nnc(SC(C)C(=O)Nc3cccc(C#N)c3)o2)cs1. The molecule has 26 heavy (non-hydrogen) atoms. The Bertz CT molecular complexity index is 960. The molecule has 0 aliphatic rings. The van der Waals surface area contributed by atoms with Crippen molar-refractivity contribution in [1.82, 2.24) is 15.2 Å². The number of benzene rings is 1. The molecule has 0 radical (unpaired) electrons. The maximum atomic E-state index is 12.3. The summed E-state index contributed by atoms with van der Waals surface area (Å²) < 4.78 is 5.59. The minimum absolute atomic E-state index is 0.208. The van der Waals surface area contributed by atoms with Gasteiger partial charge in [-0.25, -0.2) is 4.98 Å². The minimum atomic E-state index is -0.435. The molecule has 0 spiro atoms. The van der Waals surface area contributed by atoms with Gasteiger partial charge in [-0.3, -0.25) is 4.79 Å². The van der Waals surface area contributed by atoms with Gasteiger partial charge in [-0.15, -0.1) is 21.5 Å². The number of nitrogens with zero attached hydrogens (tertiary/aromatic N) is 4. The molecule has 132 valence electrons. The van der Waals surface area contributed by atoms with Crippen LogP contribution in [0.4, 0.5) is 5.69 Å². The Labute approximate surface area is 158 Å². The molecule has 0 aliphatic heterocycles. The molecule has 9 heteroatoms. The number of rotatable bonds is 6.